The van der Waals surface area contributed by atoms with Crippen LogP contribution in [0.2, 0.25) is 0 Å². The van der Waals surface area contributed by atoms with Crippen LogP contribution in [-0.4, -0.2) is 36.3 Å². The first kappa shape index (κ1) is 7.82. The van der Waals surface area contributed by atoms with Crippen molar-refractivity contribution in [3.63, 3.8) is 0 Å². The summed E-state index contributed by atoms with van der Waals surface area (Å²) in [6, 6.07) is -0.492. The fourth-order valence-corrected chi connectivity index (χ4v) is 1.57. The monoisotopic (exact) mass is 171 g/mol. The number of azide groups is 1. The number of nitrogens with zero attached hydrogens (tertiary/aromatic N) is 3. The van der Waals surface area contributed by atoms with Gasteiger partial charge in [0.1, 0.15) is 0 Å². The Bertz CT molecular complexity index is 228. The minimum atomic E-state index is -0.632. The van der Waals surface area contributed by atoms with Crippen LogP contribution in [0.4, 0.5) is 0 Å². The largest absolute Gasteiger partial charge is 0.392 e. The molecular weight excluding hydrogens is 162 g/mol. The Morgan fingerprint density at radius 2 is 2.42 bits per heavy atom. The lowest BCUT2D eigenvalue weighted by Crippen LogP contribution is -2.42. The van der Waals surface area contributed by atoms with Gasteiger partial charge in [-0.2, -0.15) is 0 Å². The van der Waals surface area contributed by atoms with Crippen LogP contribution in [0.25, 0.3) is 10.4 Å². The van der Waals surface area contributed by atoms with E-state index in [2.05, 4.69) is 10.0 Å². The zero-order valence-electron chi connectivity index (χ0n) is 6.33. The molecule has 0 amide bonds. The van der Waals surface area contributed by atoms with Crippen LogP contribution >= 0.6 is 0 Å². The van der Waals surface area contributed by atoms with Crippen molar-refractivity contribution in [2.45, 2.75) is 31.0 Å². The van der Waals surface area contributed by atoms with E-state index in [4.69, 9.17) is 15.0 Å². The Kier molecular flexibility index (Phi) is 1.90. The molecule has 1 N–H and O–H groups in total. The van der Waals surface area contributed by atoms with Crippen LogP contribution in [-0.2, 0) is 9.47 Å². The van der Waals surface area contributed by atoms with Gasteiger partial charge in [-0.1, -0.05) is 5.11 Å². The molecule has 12 heavy (non-hydrogen) atoms. The fraction of sp³-hybridized carbons (Fsp3) is 1.00. The van der Waals surface area contributed by atoms with E-state index < -0.39 is 12.1 Å². The van der Waals surface area contributed by atoms with Gasteiger partial charge in [0.05, 0.1) is 24.9 Å². The normalized spacial score (nSPS) is 45.4. The molecule has 0 radical (unpaired) electrons. The Morgan fingerprint density at radius 1 is 1.58 bits per heavy atom. The first-order chi connectivity index (χ1) is 5.81. The molecule has 4 atom stereocenters. The summed E-state index contributed by atoms with van der Waals surface area (Å²) < 4.78 is 10.4. The van der Waals surface area contributed by atoms with E-state index in [1.54, 1.807) is 0 Å². The van der Waals surface area contributed by atoms with Gasteiger partial charge in [0.25, 0.3) is 0 Å². The van der Waals surface area contributed by atoms with Crippen molar-refractivity contribution < 1.29 is 14.6 Å². The van der Waals surface area contributed by atoms with Crippen molar-refractivity contribution in [1.29, 1.82) is 0 Å². The van der Waals surface area contributed by atoms with Crippen molar-refractivity contribution in [1.82, 2.24) is 0 Å². The second kappa shape index (κ2) is 2.91. The second-order valence-electron chi connectivity index (χ2n) is 2.94. The molecule has 0 saturated carbocycles. The van der Waals surface area contributed by atoms with E-state index in [9.17, 15) is 5.11 Å². The molecule has 6 nitrogen and oxygen atoms in total. The molecule has 0 aromatic heterocycles. The average Bonchev–Trinajstić information content (AvgIpc) is 2.43. The minimum absolute atomic E-state index is 0.269. The van der Waals surface area contributed by atoms with Gasteiger partial charge >= 0.3 is 0 Å². The van der Waals surface area contributed by atoms with Gasteiger partial charge in [-0.3, -0.25) is 0 Å². The molecule has 2 heterocycles. The molecule has 2 aliphatic rings. The second-order valence-corrected chi connectivity index (χ2v) is 2.94. The molecule has 2 aliphatic heterocycles. The molecule has 0 unspecified atom stereocenters. The molecule has 2 rings (SSSR count). The van der Waals surface area contributed by atoms with Gasteiger partial charge in [-0.25, -0.2) is 0 Å². The van der Waals surface area contributed by atoms with Gasteiger partial charge in [-0.15, -0.1) is 0 Å². The first-order valence-corrected chi connectivity index (χ1v) is 3.80. The van der Waals surface area contributed by atoms with Crippen LogP contribution in [0.15, 0.2) is 5.11 Å². The highest BCUT2D eigenvalue weighted by Gasteiger charge is 2.42. The summed E-state index contributed by atoms with van der Waals surface area (Å²) in [7, 11) is 0. The smallest absolute Gasteiger partial charge is 0.160 e. The highest BCUT2D eigenvalue weighted by atomic mass is 16.7. The maximum Gasteiger partial charge on any atom is 0.160 e. The molecule has 0 aliphatic carbocycles. The van der Waals surface area contributed by atoms with Crippen LogP contribution in [0.1, 0.15) is 6.42 Å². The van der Waals surface area contributed by atoms with Crippen LogP contribution in [0, 0.1) is 0 Å². The van der Waals surface area contributed by atoms with Crippen LogP contribution < -0.4 is 0 Å². The van der Waals surface area contributed by atoms with E-state index in [1.165, 1.54) is 0 Å². The van der Waals surface area contributed by atoms with E-state index in [0.717, 1.165) is 0 Å². The first-order valence-electron chi connectivity index (χ1n) is 3.80. The molecule has 0 aromatic carbocycles. The summed E-state index contributed by atoms with van der Waals surface area (Å²) in [5.41, 5.74) is 8.21. The molecule has 0 aromatic rings. The number of aliphatic hydroxyl groups is 1. The zero-order chi connectivity index (χ0) is 8.55. The maximum atomic E-state index is 9.46. The summed E-state index contributed by atoms with van der Waals surface area (Å²) in [5, 5.41) is 12.9. The predicted molar refractivity (Wildman–Crippen MR) is 38.2 cm³/mol. The lowest BCUT2D eigenvalue weighted by molar-refractivity contribution is -0.123. The molecule has 2 fully saturated rings. The number of aliphatic hydroxyl groups excluding tert-OH is 1. The van der Waals surface area contributed by atoms with Crippen molar-refractivity contribution in [2.75, 3.05) is 6.61 Å². The Morgan fingerprint density at radius 3 is 3.17 bits per heavy atom. The highest BCUT2D eigenvalue weighted by molar-refractivity contribution is 4.92. The SMILES string of the molecule is [N-]=[N+]=N[C@H]1[C@H](O)C[C@@H]2OC[C@H]1O2. The van der Waals surface area contributed by atoms with Gasteiger partial charge in [0.15, 0.2) is 6.29 Å². The number of fused-ring (bicyclic) bond motifs is 2. The van der Waals surface area contributed by atoms with E-state index in [0.29, 0.717) is 13.0 Å². The van der Waals surface area contributed by atoms with Crippen LogP contribution in [0.5, 0.6) is 0 Å². The lowest BCUT2D eigenvalue weighted by Gasteiger charge is -2.28. The van der Waals surface area contributed by atoms with E-state index in [-0.39, 0.29) is 12.4 Å². The van der Waals surface area contributed by atoms with Crippen molar-refractivity contribution >= 4 is 0 Å². The quantitative estimate of drug-likeness (QED) is 0.346. The molecule has 2 saturated heterocycles. The van der Waals surface area contributed by atoms with Crippen molar-refractivity contribution in [2.24, 2.45) is 5.11 Å². The van der Waals surface area contributed by atoms with Gasteiger partial charge in [0.2, 0.25) is 0 Å². The van der Waals surface area contributed by atoms with E-state index in [1.807, 2.05) is 0 Å². The van der Waals surface area contributed by atoms with Crippen molar-refractivity contribution in [3.8, 4) is 0 Å². The molecule has 66 valence electrons. The number of hydrogen-bond donors (Lipinski definition) is 1. The summed E-state index contributed by atoms with van der Waals surface area (Å²) in [6.45, 7) is 0.408. The fourth-order valence-electron chi connectivity index (χ4n) is 1.57. The summed E-state index contributed by atoms with van der Waals surface area (Å²) >= 11 is 0. The summed E-state index contributed by atoms with van der Waals surface area (Å²) in [5.74, 6) is 0. The van der Waals surface area contributed by atoms with Gasteiger partial charge < -0.3 is 14.6 Å². The van der Waals surface area contributed by atoms with Crippen molar-refractivity contribution in [3.05, 3.63) is 10.4 Å². The molecular formula is C6H9N3O3. The number of ether oxygens (including phenoxy) is 2. The van der Waals surface area contributed by atoms with E-state index >= 15 is 0 Å². The summed E-state index contributed by atoms with van der Waals surface area (Å²) in [4.78, 5) is 2.66. The summed E-state index contributed by atoms with van der Waals surface area (Å²) in [6.07, 6.45) is -0.822. The molecule has 0 spiro atoms. The lowest BCUT2D eigenvalue weighted by atomic mass is 10.0. The predicted octanol–water partition coefficient (Wildman–Crippen LogP) is 0.171. The third kappa shape index (κ3) is 1.15. The van der Waals surface area contributed by atoms with Gasteiger partial charge in [0, 0.05) is 11.3 Å². The molecule has 6 heteroatoms. The third-order valence-corrected chi connectivity index (χ3v) is 2.17. The van der Waals surface area contributed by atoms with Gasteiger partial charge in [-0.05, 0) is 5.53 Å². The van der Waals surface area contributed by atoms with Crippen LogP contribution in [0.3, 0.4) is 0 Å². The number of rotatable bonds is 1. The Balaban J connectivity index is 2.14. The standard InChI is InChI=1S/C6H9N3O3/c7-9-8-6-3(10)1-5-11-2-4(6)12-5/h3-6,10H,1-2H2/t3-,4-,5-,6+/m1/s1. The Hall–Kier alpha value is -0.810. The Labute approximate surface area is 68.7 Å². The average molecular weight is 171 g/mol. The highest BCUT2D eigenvalue weighted by Crippen LogP contribution is 2.29. The number of hydrogen-bond acceptors (Lipinski definition) is 4. The third-order valence-electron chi connectivity index (χ3n) is 2.17. The topological polar surface area (TPSA) is 87.5 Å². The zero-order valence-corrected chi connectivity index (χ0v) is 6.33. The molecule has 2 bridgehead atoms. The maximum absolute atomic E-state index is 9.46. The minimum Gasteiger partial charge on any atom is -0.392 e.